The molecule has 0 saturated heterocycles. The molecule has 2 heterocycles. The Morgan fingerprint density at radius 1 is 1.33 bits per heavy atom. The van der Waals surface area contributed by atoms with Gasteiger partial charge in [0.2, 0.25) is 0 Å². The van der Waals surface area contributed by atoms with Gasteiger partial charge in [-0.3, -0.25) is 0 Å². The number of fused-ring (bicyclic) bond motifs is 1. The van der Waals surface area contributed by atoms with Gasteiger partial charge in [0.25, 0.3) is 0 Å². The molecule has 12 heavy (non-hydrogen) atoms. The summed E-state index contributed by atoms with van der Waals surface area (Å²) in [6.45, 7) is 0. The molecule has 2 aromatic heterocycles. The Hall–Kier alpha value is -0.420. The number of rotatable bonds is 0. The summed E-state index contributed by atoms with van der Waals surface area (Å²) in [6, 6.07) is 1.38. The summed E-state index contributed by atoms with van der Waals surface area (Å²) in [6.07, 6.45) is 3.44. The van der Waals surface area contributed by atoms with Crippen LogP contribution in [0.1, 0.15) is 0 Å². The van der Waals surface area contributed by atoms with Gasteiger partial charge in [0.1, 0.15) is 4.60 Å². The molecule has 0 fully saturated rings. The third-order valence-corrected chi connectivity index (χ3v) is 2.26. The van der Waals surface area contributed by atoms with Gasteiger partial charge >= 0.3 is 0 Å². The molecule has 2 aromatic rings. The quantitative estimate of drug-likeness (QED) is 0.730. The van der Waals surface area contributed by atoms with Crippen molar-refractivity contribution < 1.29 is 4.39 Å². The van der Waals surface area contributed by atoms with Gasteiger partial charge in [0.15, 0.2) is 11.5 Å². The van der Waals surface area contributed by atoms with E-state index in [9.17, 15) is 4.39 Å². The maximum absolute atomic E-state index is 13.1. The standard InChI is InChI=1S/C7H3Br2FN2/c8-4-1-5(10)7-11-6(9)3-12(7)2-4/h1-3H. The van der Waals surface area contributed by atoms with Gasteiger partial charge in [-0.05, 0) is 37.9 Å². The van der Waals surface area contributed by atoms with Gasteiger partial charge in [-0.1, -0.05) is 0 Å². The van der Waals surface area contributed by atoms with Crippen LogP contribution in [0.5, 0.6) is 0 Å². The predicted octanol–water partition coefficient (Wildman–Crippen LogP) is 3.00. The molecule has 0 saturated carbocycles. The number of halogens is 3. The second-order valence-corrected chi connectivity index (χ2v) is 4.03. The van der Waals surface area contributed by atoms with Gasteiger partial charge in [-0.25, -0.2) is 9.37 Å². The first-order valence-corrected chi connectivity index (χ1v) is 4.74. The molecule has 0 bridgehead atoms. The summed E-state index contributed by atoms with van der Waals surface area (Å²) in [4.78, 5) is 3.94. The van der Waals surface area contributed by atoms with Gasteiger partial charge < -0.3 is 4.40 Å². The molecule has 0 amide bonds. The van der Waals surface area contributed by atoms with E-state index in [2.05, 4.69) is 36.8 Å². The van der Waals surface area contributed by atoms with E-state index in [0.29, 0.717) is 14.7 Å². The molecule has 0 aliphatic carbocycles. The topological polar surface area (TPSA) is 17.3 Å². The average molecular weight is 294 g/mol. The maximum Gasteiger partial charge on any atom is 0.174 e. The summed E-state index contributed by atoms with van der Waals surface area (Å²) >= 11 is 6.36. The lowest BCUT2D eigenvalue weighted by Gasteiger charge is -1.94. The van der Waals surface area contributed by atoms with Gasteiger partial charge in [-0.2, -0.15) is 0 Å². The summed E-state index contributed by atoms with van der Waals surface area (Å²) in [5.74, 6) is -0.338. The molecule has 0 radical (unpaired) electrons. The highest BCUT2D eigenvalue weighted by atomic mass is 79.9. The van der Waals surface area contributed by atoms with Crippen LogP contribution in [-0.2, 0) is 0 Å². The fourth-order valence-electron chi connectivity index (χ4n) is 0.995. The van der Waals surface area contributed by atoms with Crippen molar-refractivity contribution in [3.8, 4) is 0 Å². The van der Waals surface area contributed by atoms with E-state index in [1.54, 1.807) is 16.8 Å². The van der Waals surface area contributed by atoms with Crippen molar-refractivity contribution in [2.75, 3.05) is 0 Å². The number of hydrogen-bond donors (Lipinski definition) is 0. The zero-order valence-corrected chi connectivity index (χ0v) is 8.93. The van der Waals surface area contributed by atoms with Crippen molar-refractivity contribution in [2.45, 2.75) is 0 Å². The second-order valence-electron chi connectivity index (χ2n) is 2.30. The minimum absolute atomic E-state index is 0.324. The minimum Gasteiger partial charge on any atom is -0.302 e. The lowest BCUT2D eigenvalue weighted by molar-refractivity contribution is 0.629. The number of aromatic nitrogens is 2. The first-order chi connectivity index (χ1) is 5.66. The Morgan fingerprint density at radius 2 is 2.08 bits per heavy atom. The summed E-state index contributed by atoms with van der Waals surface area (Å²) < 4.78 is 16.1. The van der Waals surface area contributed by atoms with Crippen molar-refractivity contribution in [3.63, 3.8) is 0 Å². The monoisotopic (exact) mass is 292 g/mol. The van der Waals surface area contributed by atoms with Gasteiger partial charge in [0.05, 0.1) is 0 Å². The van der Waals surface area contributed by atoms with E-state index in [1.807, 2.05) is 0 Å². The largest absolute Gasteiger partial charge is 0.302 e. The molecule has 2 rings (SSSR count). The van der Waals surface area contributed by atoms with E-state index in [-0.39, 0.29) is 5.82 Å². The van der Waals surface area contributed by atoms with Crippen LogP contribution in [0.4, 0.5) is 4.39 Å². The molecular weight excluding hydrogens is 291 g/mol. The third kappa shape index (κ3) is 1.27. The molecule has 0 spiro atoms. The Labute approximate surface area is 84.7 Å². The van der Waals surface area contributed by atoms with Crippen molar-refractivity contribution in [1.29, 1.82) is 0 Å². The molecule has 0 aliphatic rings. The van der Waals surface area contributed by atoms with Gasteiger partial charge in [0, 0.05) is 16.9 Å². The number of imidazole rings is 1. The molecule has 5 heteroatoms. The number of pyridine rings is 1. The van der Waals surface area contributed by atoms with Crippen LogP contribution >= 0.6 is 31.9 Å². The lowest BCUT2D eigenvalue weighted by Crippen LogP contribution is -1.87. The van der Waals surface area contributed by atoms with Crippen LogP contribution in [0.3, 0.4) is 0 Å². The fourth-order valence-corrected chi connectivity index (χ4v) is 1.80. The molecule has 2 nitrogen and oxygen atoms in total. The van der Waals surface area contributed by atoms with Crippen LogP contribution in [0.15, 0.2) is 27.5 Å². The van der Waals surface area contributed by atoms with E-state index >= 15 is 0 Å². The second kappa shape index (κ2) is 2.81. The van der Waals surface area contributed by atoms with Crippen molar-refractivity contribution in [1.82, 2.24) is 9.38 Å². The summed E-state index contributed by atoms with van der Waals surface area (Å²) in [7, 11) is 0. The van der Waals surface area contributed by atoms with Crippen molar-refractivity contribution >= 4 is 37.5 Å². The van der Waals surface area contributed by atoms with E-state index < -0.39 is 0 Å². The normalized spacial score (nSPS) is 10.9. The van der Waals surface area contributed by atoms with Crippen molar-refractivity contribution in [2.24, 2.45) is 0 Å². The molecule has 0 atom stereocenters. The van der Waals surface area contributed by atoms with Crippen LogP contribution in [0.2, 0.25) is 0 Å². The number of nitrogens with zero attached hydrogens (tertiary/aromatic N) is 2. The van der Waals surface area contributed by atoms with Gasteiger partial charge in [-0.15, -0.1) is 0 Å². The van der Waals surface area contributed by atoms with Crippen LogP contribution < -0.4 is 0 Å². The zero-order valence-electron chi connectivity index (χ0n) is 5.76. The Kier molecular flexibility index (Phi) is 1.92. The van der Waals surface area contributed by atoms with Crippen LogP contribution in [-0.4, -0.2) is 9.38 Å². The summed E-state index contributed by atoms with van der Waals surface area (Å²) in [5.41, 5.74) is 0.324. The first kappa shape index (κ1) is 8.19. The van der Waals surface area contributed by atoms with E-state index in [4.69, 9.17) is 0 Å². The maximum atomic E-state index is 13.1. The Morgan fingerprint density at radius 3 is 2.83 bits per heavy atom. The van der Waals surface area contributed by atoms with Crippen molar-refractivity contribution in [3.05, 3.63) is 33.4 Å². The smallest absolute Gasteiger partial charge is 0.174 e. The fraction of sp³-hybridized carbons (Fsp3) is 0. The molecule has 0 aliphatic heterocycles. The van der Waals surface area contributed by atoms with Crippen LogP contribution in [0, 0.1) is 5.82 Å². The molecule has 0 aromatic carbocycles. The van der Waals surface area contributed by atoms with Crippen LogP contribution in [0.25, 0.3) is 5.65 Å². The van der Waals surface area contributed by atoms with E-state index in [0.717, 1.165) is 0 Å². The third-order valence-electron chi connectivity index (χ3n) is 1.44. The SMILES string of the molecule is Fc1cc(Br)cn2cc(Br)nc12. The minimum atomic E-state index is -0.338. The molecular formula is C7H3Br2FN2. The Balaban J connectivity index is 2.88. The number of hydrogen-bond acceptors (Lipinski definition) is 1. The highest BCUT2D eigenvalue weighted by Gasteiger charge is 2.05. The summed E-state index contributed by atoms with van der Waals surface area (Å²) in [5, 5.41) is 0. The average Bonchev–Trinajstić information content (AvgIpc) is 2.29. The lowest BCUT2D eigenvalue weighted by atomic mass is 10.4. The Bertz CT molecular complexity index is 438. The van der Waals surface area contributed by atoms with E-state index in [1.165, 1.54) is 6.07 Å². The highest BCUT2D eigenvalue weighted by Crippen LogP contribution is 2.18. The molecule has 62 valence electrons. The zero-order chi connectivity index (χ0) is 8.72. The molecule has 0 N–H and O–H groups in total. The highest BCUT2D eigenvalue weighted by molar-refractivity contribution is 9.10. The first-order valence-electron chi connectivity index (χ1n) is 3.16. The molecule has 0 unspecified atom stereocenters. The predicted molar refractivity (Wildman–Crippen MR) is 50.6 cm³/mol.